The minimum absolute atomic E-state index is 0.309. The topological polar surface area (TPSA) is 29.5 Å². The Labute approximate surface area is 190 Å². The summed E-state index contributed by atoms with van der Waals surface area (Å²) in [6.45, 7) is 3.78. The molecular weight excluding hydrogens is 439 g/mol. The Bertz CT molecular complexity index is 1060. The number of carbonyl (C=O) groups is 1. The smallest absolute Gasteiger partial charge is 0.416 e. The summed E-state index contributed by atoms with van der Waals surface area (Å²) < 4.78 is 44.2. The number of rotatable bonds is 7. The number of nitrogens with zero attached hydrogens (tertiary/aromatic N) is 1. The van der Waals surface area contributed by atoms with E-state index in [4.69, 9.17) is 16.3 Å². The SMILES string of the molecule is CC(Cl)OC(=O)N(CCCc1cccc(C(F)(F)F)c1)[C@H](C)c1cccc2ccccc12. The summed E-state index contributed by atoms with van der Waals surface area (Å²) in [6, 6.07) is 18.7. The van der Waals surface area contributed by atoms with Crippen LogP contribution in [0.3, 0.4) is 0 Å². The zero-order chi connectivity index (χ0) is 23.3. The van der Waals surface area contributed by atoms with E-state index in [0.717, 1.165) is 28.5 Å². The van der Waals surface area contributed by atoms with Crippen LogP contribution in [0.4, 0.5) is 18.0 Å². The zero-order valence-corrected chi connectivity index (χ0v) is 18.7. The molecule has 0 bridgehead atoms. The van der Waals surface area contributed by atoms with Crippen LogP contribution in [0, 0.1) is 0 Å². The fourth-order valence-electron chi connectivity index (χ4n) is 3.79. The van der Waals surface area contributed by atoms with Gasteiger partial charge >= 0.3 is 12.3 Å². The van der Waals surface area contributed by atoms with E-state index in [-0.39, 0.29) is 6.04 Å². The van der Waals surface area contributed by atoms with Gasteiger partial charge in [-0.25, -0.2) is 4.79 Å². The lowest BCUT2D eigenvalue weighted by Gasteiger charge is -2.30. The molecule has 0 saturated carbocycles. The molecule has 0 aliphatic carbocycles. The Balaban J connectivity index is 1.80. The van der Waals surface area contributed by atoms with E-state index in [1.54, 1.807) is 17.9 Å². The van der Waals surface area contributed by atoms with Crippen molar-refractivity contribution in [3.05, 3.63) is 83.4 Å². The summed E-state index contributed by atoms with van der Waals surface area (Å²) in [7, 11) is 0. The molecule has 3 aromatic carbocycles. The average molecular weight is 464 g/mol. The Morgan fingerprint density at radius 2 is 1.72 bits per heavy atom. The molecule has 0 aliphatic rings. The van der Waals surface area contributed by atoms with Gasteiger partial charge in [0.15, 0.2) is 5.56 Å². The van der Waals surface area contributed by atoms with E-state index < -0.39 is 23.4 Å². The van der Waals surface area contributed by atoms with Crippen LogP contribution in [0.5, 0.6) is 0 Å². The van der Waals surface area contributed by atoms with Gasteiger partial charge in [0.2, 0.25) is 0 Å². The number of ether oxygens (including phenoxy) is 1. The van der Waals surface area contributed by atoms with E-state index in [0.29, 0.717) is 24.9 Å². The Hall–Kier alpha value is -2.73. The maximum atomic E-state index is 13.0. The van der Waals surface area contributed by atoms with Gasteiger partial charge in [-0.15, -0.1) is 0 Å². The number of carbonyl (C=O) groups excluding carboxylic acids is 1. The Morgan fingerprint density at radius 3 is 2.44 bits per heavy atom. The Kier molecular flexibility index (Phi) is 7.67. The van der Waals surface area contributed by atoms with Gasteiger partial charge in [0.1, 0.15) is 0 Å². The highest BCUT2D eigenvalue weighted by molar-refractivity contribution is 6.19. The van der Waals surface area contributed by atoms with Crippen LogP contribution in [0.25, 0.3) is 10.8 Å². The molecule has 2 atom stereocenters. The van der Waals surface area contributed by atoms with Crippen LogP contribution >= 0.6 is 11.6 Å². The first-order valence-corrected chi connectivity index (χ1v) is 10.9. The van der Waals surface area contributed by atoms with Crippen LogP contribution in [0.15, 0.2) is 66.7 Å². The van der Waals surface area contributed by atoms with Crippen LogP contribution in [-0.2, 0) is 17.3 Å². The third-order valence-electron chi connectivity index (χ3n) is 5.36. The van der Waals surface area contributed by atoms with Gasteiger partial charge in [0, 0.05) is 6.54 Å². The second-order valence-corrected chi connectivity index (χ2v) is 8.28. The minimum atomic E-state index is -4.38. The van der Waals surface area contributed by atoms with Crippen molar-refractivity contribution in [3.8, 4) is 0 Å². The van der Waals surface area contributed by atoms with Crippen molar-refractivity contribution in [1.82, 2.24) is 4.90 Å². The van der Waals surface area contributed by atoms with Gasteiger partial charge in [-0.05, 0) is 54.7 Å². The molecular formula is C25H25ClF3NO2. The molecule has 170 valence electrons. The fourth-order valence-corrected chi connectivity index (χ4v) is 3.87. The first-order chi connectivity index (χ1) is 15.2. The summed E-state index contributed by atoms with van der Waals surface area (Å²) in [5, 5.41) is 2.08. The first kappa shape index (κ1) is 23.9. The number of alkyl halides is 4. The zero-order valence-electron chi connectivity index (χ0n) is 17.9. The van der Waals surface area contributed by atoms with Crippen LogP contribution in [0.1, 0.15) is 43.0 Å². The van der Waals surface area contributed by atoms with Crippen molar-refractivity contribution in [2.45, 2.75) is 44.5 Å². The third kappa shape index (κ3) is 5.94. The highest BCUT2D eigenvalue weighted by Crippen LogP contribution is 2.31. The third-order valence-corrected chi connectivity index (χ3v) is 5.45. The molecule has 0 fully saturated rings. The van der Waals surface area contributed by atoms with E-state index in [1.165, 1.54) is 6.07 Å². The van der Waals surface area contributed by atoms with Crippen molar-refractivity contribution < 1.29 is 22.7 Å². The lowest BCUT2D eigenvalue weighted by Crippen LogP contribution is -2.36. The summed E-state index contributed by atoms with van der Waals surface area (Å²) in [4.78, 5) is 14.4. The number of hydrogen-bond acceptors (Lipinski definition) is 2. The normalized spacial score (nSPS) is 13.6. The molecule has 0 saturated heterocycles. The lowest BCUT2D eigenvalue weighted by atomic mass is 9.98. The number of aryl methyl sites for hydroxylation is 1. The quantitative estimate of drug-likeness (QED) is 0.338. The predicted octanol–water partition coefficient (Wildman–Crippen LogP) is 7.58. The largest absolute Gasteiger partial charge is 0.430 e. The van der Waals surface area contributed by atoms with E-state index >= 15 is 0 Å². The van der Waals surface area contributed by atoms with Crippen LogP contribution in [0.2, 0.25) is 0 Å². The molecule has 7 heteroatoms. The molecule has 0 heterocycles. The molecule has 0 spiro atoms. The molecule has 0 radical (unpaired) electrons. The molecule has 0 aromatic heterocycles. The molecule has 3 rings (SSSR count). The maximum Gasteiger partial charge on any atom is 0.416 e. The molecule has 3 aromatic rings. The first-order valence-electron chi connectivity index (χ1n) is 10.4. The van der Waals surface area contributed by atoms with Crippen molar-refractivity contribution in [2.75, 3.05) is 6.54 Å². The van der Waals surface area contributed by atoms with E-state index in [9.17, 15) is 18.0 Å². The fraction of sp³-hybridized carbons (Fsp3) is 0.320. The molecule has 3 nitrogen and oxygen atoms in total. The van der Waals surface area contributed by atoms with E-state index in [1.807, 2.05) is 49.4 Å². The number of benzene rings is 3. The number of halogens is 4. The van der Waals surface area contributed by atoms with Gasteiger partial charge in [0.05, 0.1) is 11.6 Å². The number of fused-ring (bicyclic) bond motifs is 1. The highest BCUT2D eigenvalue weighted by Gasteiger charge is 2.30. The number of hydrogen-bond donors (Lipinski definition) is 0. The van der Waals surface area contributed by atoms with Crippen molar-refractivity contribution in [2.24, 2.45) is 0 Å². The summed E-state index contributed by atoms with van der Waals surface area (Å²) in [5.41, 5.74) is 0.0533. The second kappa shape index (κ2) is 10.3. The monoisotopic (exact) mass is 463 g/mol. The molecule has 1 unspecified atom stereocenters. The maximum absolute atomic E-state index is 13.0. The van der Waals surface area contributed by atoms with Crippen molar-refractivity contribution in [1.29, 1.82) is 0 Å². The lowest BCUT2D eigenvalue weighted by molar-refractivity contribution is -0.137. The van der Waals surface area contributed by atoms with Gasteiger partial charge < -0.3 is 9.64 Å². The predicted molar refractivity (Wildman–Crippen MR) is 121 cm³/mol. The summed E-state index contributed by atoms with van der Waals surface area (Å²) in [6.07, 6.45) is -4.07. The van der Waals surface area contributed by atoms with Crippen LogP contribution < -0.4 is 0 Å². The highest BCUT2D eigenvalue weighted by atomic mass is 35.5. The van der Waals surface area contributed by atoms with Crippen LogP contribution in [-0.4, -0.2) is 23.1 Å². The van der Waals surface area contributed by atoms with Gasteiger partial charge in [0.25, 0.3) is 0 Å². The van der Waals surface area contributed by atoms with Crippen molar-refractivity contribution in [3.63, 3.8) is 0 Å². The summed E-state index contributed by atoms with van der Waals surface area (Å²) in [5.74, 6) is 0. The number of amides is 1. The van der Waals surface area contributed by atoms with Gasteiger partial charge in [-0.1, -0.05) is 72.3 Å². The molecule has 0 N–H and O–H groups in total. The standard InChI is InChI=1S/C25H25ClF3NO2/c1-17(22-14-6-11-20-10-3-4-13-23(20)22)30(24(31)32-18(2)26)15-7-9-19-8-5-12-21(16-19)25(27,28)29/h3-6,8,10-14,16-18H,7,9,15H2,1-2H3/t17-,18?/m1/s1. The average Bonchev–Trinajstić information content (AvgIpc) is 2.75. The Morgan fingerprint density at radius 1 is 1.03 bits per heavy atom. The van der Waals surface area contributed by atoms with Gasteiger partial charge in [-0.3, -0.25) is 0 Å². The molecule has 32 heavy (non-hydrogen) atoms. The molecule has 0 aliphatic heterocycles. The molecule has 1 amide bonds. The second-order valence-electron chi connectivity index (χ2n) is 7.67. The van der Waals surface area contributed by atoms with E-state index in [2.05, 4.69) is 0 Å². The minimum Gasteiger partial charge on any atom is -0.430 e. The van der Waals surface area contributed by atoms with Gasteiger partial charge in [-0.2, -0.15) is 13.2 Å². The summed E-state index contributed by atoms with van der Waals surface area (Å²) >= 11 is 5.88. The van der Waals surface area contributed by atoms with Crippen molar-refractivity contribution >= 4 is 28.5 Å².